The van der Waals surface area contributed by atoms with E-state index in [0.717, 1.165) is 0 Å². The van der Waals surface area contributed by atoms with Gasteiger partial charge >= 0.3 is 11.9 Å². The van der Waals surface area contributed by atoms with E-state index in [9.17, 15) is 14.4 Å². The van der Waals surface area contributed by atoms with Crippen molar-refractivity contribution in [3.8, 4) is 0 Å². The molecule has 0 radical (unpaired) electrons. The van der Waals surface area contributed by atoms with E-state index < -0.39 is 28.9 Å². The molecule has 0 bridgehead atoms. The number of hydrogen-bond acceptors (Lipinski definition) is 3. The third-order valence-electron chi connectivity index (χ3n) is 2.50. The third kappa shape index (κ3) is 4.35. The lowest BCUT2D eigenvalue weighted by atomic mass is 9.95. The summed E-state index contributed by atoms with van der Waals surface area (Å²) in [7, 11) is 0. The highest BCUT2D eigenvalue weighted by Crippen LogP contribution is 2.17. The van der Waals surface area contributed by atoms with Crippen molar-refractivity contribution in [2.24, 2.45) is 0 Å². The molecular formula is C15H18O5. The van der Waals surface area contributed by atoms with Gasteiger partial charge < -0.3 is 10.2 Å². The van der Waals surface area contributed by atoms with Crippen LogP contribution >= 0.6 is 0 Å². The van der Waals surface area contributed by atoms with E-state index in [1.54, 1.807) is 26.0 Å². The Labute approximate surface area is 117 Å². The van der Waals surface area contributed by atoms with Gasteiger partial charge in [-0.2, -0.15) is 0 Å². The largest absolute Gasteiger partial charge is 0.478 e. The van der Waals surface area contributed by atoms with Gasteiger partial charge in [0.1, 0.15) is 11.1 Å². The van der Waals surface area contributed by atoms with Crippen molar-refractivity contribution in [2.75, 3.05) is 0 Å². The van der Waals surface area contributed by atoms with Crippen molar-refractivity contribution in [1.82, 2.24) is 0 Å². The van der Waals surface area contributed by atoms with Gasteiger partial charge in [0, 0.05) is 0 Å². The second-order valence-corrected chi connectivity index (χ2v) is 4.06. The number of aliphatic carboxylic acids is 2. The Kier molecular flexibility index (Phi) is 6.93. The smallest absolute Gasteiger partial charge is 0.339 e. The van der Waals surface area contributed by atoms with Crippen LogP contribution in [-0.4, -0.2) is 27.9 Å². The van der Waals surface area contributed by atoms with Gasteiger partial charge in [0.15, 0.2) is 0 Å². The van der Waals surface area contributed by atoms with E-state index in [2.05, 4.69) is 0 Å². The molecule has 0 amide bonds. The highest BCUT2D eigenvalue weighted by molar-refractivity contribution is 6.32. The first-order valence-corrected chi connectivity index (χ1v) is 5.96. The second kappa shape index (κ2) is 7.89. The Morgan fingerprint density at radius 1 is 0.750 bits per heavy atom. The molecular weight excluding hydrogens is 260 g/mol. The van der Waals surface area contributed by atoms with Crippen LogP contribution < -0.4 is 0 Å². The number of carboxylic acids is 2. The molecule has 0 saturated carbocycles. The summed E-state index contributed by atoms with van der Waals surface area (Å²) >= 11 is 0. The molecule has 0 atom stereocenters. The Bertz CT molecular complexity index is 497. The summed E-state index contributed by atoms with van der Waals surface area (Å²) in [5, 5.41) is 18.3. The molecule has 0 aromatic carbocycles. The van der Waals surface area contributed by atoms with Crippen molar-refractivity contribution in [3.05, 3.63) is 46.6 Å². The third-order valence-corrected chi connectivity index (χ3v) is 2.50. The summed E-state index contributed by atoms with van der Waals surface area (Å²) in [4.78, 5) is 34.7. The van der Waals surface area contributed by atoms with Gasteiger partial charge in [-0.25, -0.2) is 9.59 Å². The highest BCUT2D eigenvalue weighted by Gasteiger charge is 2.28. The van der Waals surface area contributed by atoms with E-state index >= 15 is 0 Å². The number of carbonyl (C=O) groups is 3. The Morgan fingerprint density at radius 2 is 1.05 bits per heavy atom. The summed E-state index contributed by atoms with van der Waals surface area (Å²) in [5.74, 6) is -3.90. The molecule has 0 aliphatic heterocycles. The zero-order valence-electron chi connectivity index (χ0n) is 11.9. The zero-order valence-corrected chi connectivity index (χ0v) is 11.9. The zero-order chi connectivity index (χ0) is 15.9. The number of Topliss-reactive ketones (excluding diaryl/α,β-unsaturated/α-hetero) is 1. The van der Waals surface area contributed by atoms with Crippen LogP contribution in [-0.2, 0) is 14.4 Å². The van der Waals surface area contributed by atoms with Crippen LogP contribution in [0.2, 0.25) is 0 Å². The van der Waals surface area contributed by atoms with Crippen molar-refractivity contribution in [2.45, 2.75) is 27.7 Å². The van der Waals surface area contributed by atoms with Crippen LogP contribution in [0.5, 0.6) is 0 Å². The van der Waals surface area contributed by atoms with Crippen molar-refractivity contribution >= 4 is 17.7 Å². The van der Waals surface area contributed by atoms with Crippen LogP contribution in [0.4, 0.5) is 0 Å². The maximum Gasteiger partial charge on any atom is 0.339 e. The molecule has 0 aromatic heterocycles. The van der Waals surface area contributed by atoms with Gasteiger partial charge in [-0.3, -0.25) is 4.79 Å². The minimum atomic E-state index is -1.45. The molecule has 2 N–H and O–H groups in total. The maximum absolute atomic E-state index is 12.2. The number of carboxylic acid groups (broad SMARTS) is 2. The number of allylic oxidation sites excluding steroid dienone is 6. The van der Waals surface area contributed by atoms with E-state index in [0.29, 0.717) is 0 Å². The number of hydrogen-bond donors (Lipinski definition) is 2. The lowest BCUT2D eigenvalue weighted by Gasteiger charge is -2.07. The fourth-order valence-electron chi connectivity index (χ4n) is 1.68. The normalized spacial score (nSPS) is 14.2. The summed E-state index contributed by atoms with van der Waals surface area (Å²) in [6.07, 6.45) is 6.06. The first-order valence-electron chi connectivity index (χ1n) is 5.96. The number of rotatable bonds is 6. The second-order valence-electron chi connectivity index (χ2n) is 4.06. The minimum absolute atomic E-state index is 0.206. The van der Waals surface area contributed by atoms with Crippen LogP contribution in [0.1, 0.15) is 27.7 Å². The van der Waals surface area contributed by atoms with E-state index in [-0.39, 0.29) is 11.1 Å². The standard InChI is InChI=1S/C15H18O5/c1-5-7-9(3)11(14(17)18)13(16)12(15(19)20)10(4)8-6-2/h5-8H,1-4H3,(H,17,18)(H,19,20)/b7-5+,8-6+,11-9+,12-10+. The molecule has 20 heavy (non-hydrogen) atoms. The molecule has 0 heterocycles. The summed E-state index contributed by atoms with van der Waals surface area (Å²) in [6.45, 7) is 6.25. The number of carbonyl (C=O) groups excluding carboxylic acids is 1. The molecule has 0 aliphatic rings. The predicted molar refractivity (Wildman–Crippen MR) is 75.3 cm³/mol. The molecule has 0 spiro atoms. The van der Waals surface area contributed by atoms with E-state index in [1.165, 1.54) is 26.0 Å². The predicted octanol–water partition coefficient (Wildman–Crippen LogP) is 2.51. The van der Waals surface area contributed by atoms with Crippen molar-refractivity contribution in [1.29, 1.82) is 0 Å². The van der Waals surface area contributed by atoms with Gasteiger partial charge in [-0.15, -0.1) is 0 Å². The van der Waals surface area contributed by atoms with Crippen LogP contribution in [0.15, 0.2) is 46.6 Å². The summed E-state index contributed by atoms with van der Waals surface area (Å²) in [6, 6.07) is 0. The van der Waals surface area contributed by atoms with Crippen LogP contribution in [0.3, 0.4) is 0 Å². The van der Waals surface area contributed by atoms with Gasteiger partial charge in [0.2, 0.25) is 5.78 Å². The van der Waals surface area contributed by atoms with Crippen LogP contribution in [0.25, 0.3) is 0 Å². The lowest BCUT2D eigenvalue weighted by molar-refractivity contribution is -0.135. The molecule has 0 fully saturated rings. The average molecular weight is 278 g/mol. The number of ketones is 1. The van der Waals surface area contributed by atoms with Gasteiger partial charge in [-0.05, 0) is 38.8 Å². The van der Waals surface area contributed by atoms with E-state index in [4.69, 9.17) is 10.2 Å². The lowest BCUT2D eigenvalue weighted by Crippen LogP contribution is -2.21. The molecule has 0 aliphatic carbocycles. The van der Waals surface area contributed by atoms with Crippen LogP contribution in [0, 0.1) is 0 Å². The quantitative estimate of drug-likeness (QED) is 0.337. The molecule has 5 heteroatoms. The Morgan fingerprint density at radius 3 is 1.25 bits per heavy atom. The van der Waals surface area contributed by atoms with Gasteiger partial charge in [0.25, 0.3) is 0 Å². The molecule has 0 aromatic rings. The summed E-state index contributed by atoms with van der Waals surface area (Å²) < 4.78 is 0. The molecule has 108 valence electrons. The monoisotopic (exact) mass is 278 g/mol. The fourth-order valence-corrected chi connectivity index (χ4v) is 1.68. The first kappa shape index (κ1) is 17.6. The van der Waals surface area contributed by atoms with Crippen molar-refractivity contribution < 1.29 is 24.6 Å². The van der Waals surface area contributed by atoms with E-state index in [1.807, 2.05) is 0 Å². The summed E-state index contributed by atoms with van der Waals surface area (Å²) in [5.41, 5.74) is -0.664. The molecule has 0 unspecified atom stereocenters. The van der Waals surface area contributed by atoms with Gasteiger partial charge in [-0.1, -0.05) is 24.3 Å². The molecule has 5 nitrogen and oxygen atoms in total. The molecule has 0 saturated heterocycles. The Balaban J connectivity index is 6.16. The minimum Gasteiger partial charge on any atom is -0.478 e. The fraction of sp³-hybridized carbons (Fsp3) is 0.267. The average Bonchev–Trinajstić information content (AvgIpc) is 2.28. The van der Waals surface area contributed by atoms with Gasteiger partial charge in [0.05, 0.1) is 0 Å². The maximum atomic E-state index is 12.2. The molecule has 0 rings (SSSR count). The van der Waals surface area contributed by atoms with Crippen molar-refractivity contribution in [3.63, 3.8) is 0 Å². The highest BCUT2D eigenvalue weighted by atomic mass is 16.4. The topological polar surface area (TPSA) is 91.7 Å². The SMILES string of the molecule is C/C=C/C(C)=C(/C(=O)O)C(=O)/C(C(=O)O)=C(C)\C=C\C. The Hall–Kier alpha value is -2.43. The first-order chi connectivity index (χ1) is 9.27.